The highest BCUT2D eigenvalue weighted by atomic mass is 35.5. The Bertz CT molecular complexity index is 1760. The molecular formula is C37H29Cl2N3. The molecule has 0 heterocycles. The maximum absolute atomic E-state index is 6.92. The summed E-state index contributed by atoms with van der Waals surface area (Å²) in [6.45, 7) is 1.54. The van der Waals surface area contributed by atoms with Gasteiger partial charge in [-0.25, -0.2) is 5.01 Å². The molecule has 0 aliphatic rings. The summed E-state index contributed by atoms with van der Waals surface area (Å²) in [4.78, 5) is 2.34. The third-order valence-electron chi connectivity index (χ3n) is 7.16. The van der Waals surface area contributed by atoms with Crippen LogP contribution in [0.5, 0.6) is 0 Å². The van der Waals surface area contributed by atoms with Crippen LogP contribution < -0.4 is 9.91 Å². The summed E-state index contributed by atoms with van der Waals surface area (Å²) in [6, 6.07) is 49.4. The summed E-state index contributed by atoms with van der Waals surface area (Å²) in [5, 5.41) is 10.4. The normalized spacial score (nSPS) is 11.2. The van der Waals surface area contributed by atoms with Gasteiger partial charge in [0.1, 0.15) is 0 Å². The van der Waals surface area contributed by atoms with E-state index in [2.05, 4.69) is 83.8 Å². The van der Waals surface area contributed by atoms with Gasteiger partial charge in [-0.1, -0.05) is 120 Å². The first-order valence-corrected chi connectivity index (χ1v) is 14.6. The number of halogens is 2. The van der Waals surface area contributed by atoms with Gasteiger partial charge < -0.3 is 4.90 Å². The minimum Gasteiger partial charge on any atom is -0.363 e. The average Bonchev–Trinajstić information content (AvgIpc) is 3.03. The number of anilines is 3. The van der Waals surface area contributed by atoms with Crippen molar-refractivity contribution in [1.29, 1.82) is 0 Å². The molecule has 0 saturated heterocycles. The highest BCUT2D eigenvalue weighted by molar-refractivity contribution is 6.33. The van der Waals surface area contributed by atoms with Gasteiger partial charge in [0.2, 0.25) is 0 Å². The Morgan fingerprint density at radius 2 is 1.17 bits per heavy atom. The predicted molar refractivity (Wildman–Crippen MR) is 179 cm³/mol. The zero-order valence-corrected chi connectivity index (χ0v) is 24.5. The fraction of sp³-hybridized carbons (Fsp3) is 0.0541. The van der Waals surface area contributed by atoms with Crippen LogP contribution in [0.2, 0.25) is 10.0 Å². The van der Waals surface area contributed by atoms with E-state index in [0.29, 0.717) is 10.0 Å². The Hall–Kier alpha value is -4.57. The first-order valence-electron chi connectivity index (χ1n) is 13.8. The lowest BCUT2D eigenvalue weighted by Gasteiger charge is -2.26. The number of hydrogen-bond acceptors (Lipinski definition) is 3. The highest BCUT2D eigenvalue weighted by Gasteiger charge is 2.14. The van der Waals surface area contributed by atoms with E-state index in [9.17, 15) is 0 Å². The second-order valence-electron chi connectivity index (χ2n) is 10.1. The molecule has 42 heavy (non-hydrogen) atoms. The zero-order chi connectivity index (χ0) is 28.7. The Labute approximate surface area is 256 Å². The Balaban J connectivity index is 1.34. The molecule has 0 aliphatic carbocycles. The maximum atomic E-state index is 6.92. The summed E-state index contributed by atoms with van der Waals surface area (Å²) in [5.74, 6) is 0. The van der Waals surface area contributed by atoms with Gasteiger partial charge >= 0.3 is 0 Å². The van der Waals surface area contributed by atoms with Crippen LogP contribution in [-0.4, -0.2) is 6.21 Å². The van der Waals surface area contributed by atoms with E-state index in [1.165, 1.54) is 11.1 Å². The molecule has 0 unspecified atom stereocenters. The molecule has 6 rings (SSSR count). The molecule has 0 bridgehead atoms. The average molecular weight is 587 g/mol. The van der Waals surface area contributed by atoms with Crippen LogP contribution in [0.1, 0.15) is 16.7 Å². The lowest BCUT2D eigenvalue weighted by atomic mass is 10.1. The van der Waals surface area contributed by atoms with Crippen molar-refractivity contribution in [2.24, 2.45) is 5.10 Å². The van der Waals surface area contributed by atoms with E-state index in [4.69, 9.17) is 28.3 Å². The molecule has 0 saturated carbocycles. The lowest BCUT2D eigenvalue weighted by molar-refractivity contribution is 0.800. The predicted octanol–water partition coefficient (Wildman–Crippen LogP) is 10.5. The van der Waals surface area contributed by atoms with Gasteiger partial charge in [-0.3, -0.25) is 0 Å². The van der Waals surface area contributed by atoms with E-state index in [-0.39, 0.29) is 0 Å². The molecule has 0 radical (unpaired) electrons. The van der Waals surface area contributed by atoms with Gasteiger partial charge in [0.25, 0.3) is 0 Å². The second-order valence-corrected chi connectivity index (χ2v) is 10.9. The van der Waals surface area contributed by atoms with E-state index >= 15 is 0 Å². The molecule has 0 aromatic heterocycles. The third kappa shape index (κ3) is 6.49. The summed E-state index contributed by atoms with van der Waals surface area (Å²) in [5.41, 5.74) is 6.23. The van der Waals surface area contributed by atoms with Crippen molar-refractivity contribution >= 4 is 57.3 Å². The van der Waals surface area contributed by atoms with Gasteiger partial charge in [0.15, 0.2) is 0 Å². The van der Waals surface area contributed by atoms with Crippen LogP contribution in [0.15, 0.2) is 151 Å². The largest absolute Gasteiger partial charge is 0.363 e. The lowest BCUT2D eigenvalue weighted by Crippen LogP contribution is -2.22. The smallest absolute Gasteiger partial charge is 0.0730 e. The topological polar surface area (TPSA) is 18.8 Å². The Kier molecular flexibility index (Phi) is 8.51. The number of fused-ring (bicyclic) bond motifs is 1. The second kappa shape index (κ2) is 12.9. The zero-order valence-electron chi connectivity index (χ0n) is 22.9. The molecule has 6 aromatic rings. The molecule has 6 aromatic carbocycles. The van der Waals surface area contributed by atoms with Gasteiger partial charge in [0.05, 0.1) is 22.6 Å². The van der Waals surface area contributed by atoms with Gasteiger partial charge in [0, 0.05) is 34.7 Å². The van der Waals surface area contributed by atoms with E-state index in [1.807, 2.05) is 78.0 Å². The molecule has 0 N–H and O–H groups in total. The summed E-state index contributed by atoms with van der Waals surface area (Å²) >= 11 is 13.1. The summed E-state index contributed by atoms with van der Waals surface area (Å²) in [6.07, 6.45) is 1.82. The molecule has 0 amide bonds. The van der Waals surface area contributed by atoms with Gasteiger partial charge in [-0.05, 0) is 65.0 Å². The first-order chi connectivity index (χ1) is 20.6. The van der Waals surface area contributed by atoms with Crippen molar-refractivity contribution in [3.8, 4) is 0 Å². The monoisotopic (exact) mass is 585 g/mol. The summed E-state index contributed by atoms with van der Waals surface area (Å²) < 4.78 is 0. The Morgan fingerprint density at radius 3 is 1.83 bits per heavy atom. The molecule has 0 aliphatic heterocycles. The van der Waals surface area contributed by atoms with Crippen molar-refractivity contribution in [3.05, 3.63) is 172 Å². The minimum atomic E-state index is 0.636. The highest BCUT2D eigenvalue weighted by Crippen LogP contribution is 2.34. The number of nitrogens with zero attached hydrogens (tertiary/aromatic N) is 3. The third-order valence-corrected chi connectivity index (χ3v) is 7.74. The molecular weight excluding hydrogens is 557 g/mol. The fourth-order valence-electron chi connectivity index (χ4n) is 5.03. The standard InChI is InChI=1S/C37H29Cl2N3/c38-32-19-22-33(23-20-32)42(37-17-9-15-30-14-7-8-16-35(30)37)40-25-31-18-21-34(24-36(31)39)41(26-28-10-3-1-4-11-28)27-29-12-5-2-6-13-29/h1-25H,26-27H2/b40-25+. The van der Waals surface area contributed by atoms with E-state index in [0.717, 1.165) is 46.5 Å². The van der Waals surface area contributed by atoms with Crippen LogP contribution in [0.4, 0.5) is 17.1 Å². The molecule has 0 fully saturated rings. The molecule has 0 spiro atoms. The van der Waals surface area contributed by atoms with E-state index < -0.39 is 0 Å². The van der Waals surface area contributed by atoms with Gasteiger partial charge in [-0.15, -0.1) is 0 Å². The molecule has 0 atom stereocenters. The van der Waals surface area contributed by atoms with Crippen LogP contribution in [0, 0.1) is 0 Å². The van der Waals surface area contributed by atoms with Crippen molar-refractivity contribution in [1.82, 2.24) is 0 Å². The first kappa shape index (κ1) is 27.6. The van der Waals surface area contributed by atoms with Crippen molar-refractivity contribution in [2.75, 3.05) is 9.91 Å². The summed E-state index contributed by atoms with van der Waals surface area (Å²) in [7, 11) is 0. The minimum absolute atomic E-state index is 0.636. The SMILES string of the molecule is Clc1ccc(N(/N=C/c2ccc(N(Cc3ccccc3)Cc3ccccc3)cc2Cl)c2cccc3ccccc23)cc1. The Morgan fingerprint density at radius 1 is 0.571 bits per heavy atom. The van der Waals surface area contributed by atoms with Crippen molar-refractivity contribution in [2.45, 2.75) is 13.1 Å². The quantitative estimate of drug-likeness (QED) is 0.124. The van der Waals surface area contributed by atoms with Crippen LogP contribution >= 0.6 is 23.2 Å². The van der Waals surface area contributed by atoms with Crippen LogP contribution in [0.25, 0.3) is 10.8 Å². The maximum Gasteiger partial charge on any atom is 0.0730 e. The van der Waals surface area contributed by atoms with E-state index in [1.54, 1.807) is 0 Å². The molecule has 3 nitrogen and oxygen atoms in total. The van der Waals surface area contributed by atoms with Gasteiger partial charge in [-0.2, -0.15) is 5.10 Å². The number of hydrogen-bond donors (Lipinski definition) is 0. The number of benzene rings is 6. The van der Waals surface area contributed by atoms with Crippen LogP contribution in [0.3, 0.4) is 0 Å². The van der Waals surface area contributed by atoms with Crippen molar-refractivity contribution in [3.63, 3.8) is 0 Å². The van der Waals surface area contributed by atoms with Crippen LogP contribution in [-0.2, 0) is 13.1 Å². The number of hydrazone groups is 1. The van der Waals surface area contributed by atoms with Crippen molar-refractivity contribution < 1.29 is 0 Å². The molecule has 5 heteroatoms. The molecule has 206 valence electrons. The fourth-order valence-corrected chi connectivity index (χ4v) is 5.38. The number of rotatable bonds is 9.